The molecule has 0 amide bonds. The third-order valence-electron chi connectivity index (χ3n) is 2.67. The van der Waals surface area contributed by atoms with E-state index < -0.39 is 11.6 Å². The molecule has 0 aliphatic rings. The van der Waals surface area contributed by atoms with E-state index in [2.05, 4.69) is 20.6 Å². The Balaban J connectivity index is 2.20. The van der Waals surface area contributed by atoms with Crippen molar-refractivity contribution >= 4 is 17.5 Å². The van der Waals surface area contributed by atoms with Gasteiger partial charge >= 0.3 is 0 Å². The molecule has 0 saturated carbocycles. The summed E-state index contributed by atoms with van der Waals surface area (Å²) in [7, 11) is 1.60. The van der Waals surface area contributed by atoms with Crippen LogP contribution in [0.1, 0.15) is 5.69 Å². The number of rotatable bonds is 6. The second-order valence-corrected chi connectivity index (χ2v) is 4.36. The third-order valence-corrected chi connectivity index (χ3v) is 2.67. The van der Waals surface area contributed by atoms with Gasteiger partial charge < -0.3 is 15.4 Å². The number of nitrogens with zero attached hydrogens (tertiary/aromatic N) is 2. The largest absolute Gasteiger partial charge is 0.383 e. The van der Waals surface area contributed by atoms with Crippen LogP contribution in [-0.2, 0) is 4.74 Å². The van der Waals surface area contributed by atoms with Gasteiger partial charge in [-0.1, -0.05) is 6.07 Å². The maximum absolute atomic E-state index is 13.6. The molecule has 0 aliphatic heterocycles. The van der Waals surface area contributed by atoms with E-state index in [9.17, 15) is 8.78 Å². The number of halogens is 2. The highest BCUT2D eigenvalue weighted by atomic mass is 19.1. The molecule has 0 bridgehead atoms. The molecule has 0 spiro atoms. The van der Waals surface area contributed by atoms with E-state index in [4.69, 9.17) is 4.74 Å². The molecule has 1 aromatic heterocycles. The molecular weight excluding hydrogens is 278 g/mol. The Kier molecular flexibility index (Phi) is 4.99. The van der Waals surface area contributed by atoms with Crippen LogP contribution < -0.4 is 10.6 Å². The van der Waals surface area contributed by atoms with Crippen LogP contribution in [0.25, 0.3) is 0 Å². The lowest BCUT2D eigenvalue weighted by Gasteiger charge is -2.10. The van der Waals surface area contributed by atoms with E-state index in [-0.39, 0.29) is 11.6 Å². The Morgan fingerprint density at radius 3 is 2.57 bits per heavy atom. The van der Waals surface area contributed by atoms with E-state index in [0.29, 0.717) is 24.7 Å². The summed E-state index contributed by atoms with van der Waals surface area (Å²) in [5, 5.41) is 5.61. The van der Waals surface area contributed by atoms with Gasteiger partial charge in [0.05, 0.1) is 6.61 Å². The molecule has 0 atom stereocenters. The predicted molar refractivity (Wildman–Crippen MR) is 76.8 cm³/mol. The zero-order chi connectivity index (χ0) is 15.2. The van der Waals surface area contributed by atoms with Crippen molar-refractivity contribution in [3.63, 3.8) is 0 Å². The molecule has 1 heterocycles. The van der Waals surface area contributed by atoms with Gasteiger partial charge in [0.2, 0.25) is 5.95 Å². The van der Waals surface area contributed by atoms with Crippen LogP contribution in [0.5, 0.6) is 0 Å². The molecule has 0 radical (unpaired) electrons. The molecule has 2 aromatic rings. The number of aromatic nitrogens is 2. The molecule has 2 rings (SSSR count). The molecule has 0 saturated heterocycles. The second kappa shape index (κ2) is 6.94. The number of ether oxygens (including phenoxy) is 1. The minimum absolute atomic E-state index is 0.124. The molecule has 0 aliphatic carbocycles. The van der Waals surface area contributed by atoms with E-state index in [1.807, 2.05) is 0 Å². The fraction of sp³-hybridized carbons (Fsp3) is 0.286. The number of aryl methyl sites for hydroxylation is 1. The first-order valence-electron chi connectivity index (χ1n) is 6.39. The minimum Gasteiger partial charge on any atom is -0.383 e. The summed E-state index contributed by atoms with van der Waals surface area (Å²) in [6, 6.07) is 5.36. The second-order valence-electron chi connectivity index (χ2n) is 4.36. The van der Waals surface area contributed by atoms with Crippen LogP contribution in [0.15, 0.2) is 24.3 Å². The van der Waals surface area contributed by atoms with Crippen molar-refractivity contribution in [1.82, 2.24) is 9.97 Å². The molecule has 0 unspecified atom stereocenters. The van der Waals surface area contributed by atoms with Crippen molar-refractivity contribution in [2.75, 3.05) is 30.9 Å². The maximum Gasteiger partial charge on any atom is 0.229 e. The summed E-state index contributed by atoms with van der Waals surface area (Å²) in [5.41, 5.74) is 0.398. The van der Waals surface area contributed by atoms with Crippen molar-refractivity contribution in [2.24, 2.45) is 0 Å². The number of hydrogen-bond acceptors (Lipinski definition) is 5. The summed E-state index contributed by atoms with van der Waals surface area (Å²) < 4.78 is 32.1. The zero-order valence-corrected chi connectivity index (χ0v) is 11.8. The number of methoxy groups -OCH3 is 1. The van der Waals surface area contributed by atoms with Crippen molar-refractivity contribution in [3.8, 4) is 0 Å². The van der Waals surface area contributed by atoms with Gasteiger partial charge in [0.25, 0.3) is 0 Å². The molecule has 7 heteroatoms. The van der Waals surface area contributed by atoms with Crippen LogP contribution in [0.3, 0.4) is 0 Å². The number of benzene rings is 1. The number of anilines is 3. The summed E-state index contributed by atoms with van der Waals surface area (Å²) in [6.45, 7) is 2.86. The van der Waals surface area contributed by atoms with Gasteiger partial charge in [0.15, 0.2) is 0 Å². The first-order valence-corrected chi connectivity index (χ1v) is 6.39. The highest BCUT2D eigenvalue weighted by molar-refractivity contribution is 5.56. The summed E-state index contributed by atoms with van der Waals surface area (Å²) >= 11 is 0. The molecule has 112 valence electrons. The van der Waals surface area contributed by atoms with E-state index in [1.54, 1.807) is 20.1 Å². The SMILES string of the molecule is COCCNc1cc(C)nc(Nc2c(F)cccc2F)n1. The van der Waals surface area contributed by atoms with E-state index >= 15 is 0 Å². The predicted octanol–water partition coefficient (Wildman–Crippen LogP) is 2.87. The Morgan fingerprint density at radius 2 is 1.90 bits per heavy atom. The molecular formula is C14H16F2N4O. The van der Waals surface area contributed by atoms with Crippen molar-refractivity contribution in [3.05, 3.63) is 41.6 Å². The van der Waals surface area contributed by atoms with Crippen molar-refractivity contribution < 1.29 is 13.5 Å². The lowest BCUT2D eigenvalue weighted by atomic mass is 10.3. The minimum atomic E-state index is -0.700. The summed E-state index contributed by atoms with van der Waals surface area (Å²) in [5.74, 6) is -0.722. The first-order chi connectivity index (χ1) is 10.1. The average molecular weight is 294 g/mol. The van der Waals surface area contributed by atoms with E-state index in [0.717, 1.165) is 0 Å². The highest BCUT2D eigenvalue weighted by Crippen LogP contribution is 2.22. The Bertz CT molecular complexity index is 602. The molecule has 0 fully saturated rings. The van der Waals surface area contributed by atoms with Crippen LogP contribution in [0, 0.1) is 18.6 Å². The molecule has 5 nitrogen and oxygen atoms in total. The van der Waals surface area contributed by atoms with Crippen LogP contribution >= 0.6 is 0 Å². The van der Waals surface area contributed by atoms with Crippen LogP contribution in [0.4, 0.5) is 26.2 Å². The Hall–Kier alpha value is -2.28. The fourth-order valence-electron chi connectivity index (χ4n) is 1.73. The fourth-order valence-corrected chi connectivity index (χ4v) is 1.73. The van der Waals surface area contributed by atoms with Gasteiger partial charge in [-0.2, -0.15) is 4.98 Å². The third kappa shape index (κ3) is 4.09. The summed E-state index contributed by atoms with van der Waals surface area (Å²) in [4.78, 5) is 8.27. The standard InChI is InChI=1S/C14H16F2N4O/c1-9-8-12(17-6-7-21-2)19-14(18-9)20-13-10(15)4-3-5-11(13)16/h3-5,8H,6-7H2,1-2H3,(H2,17,18,19,20). The summed E-state index contributed by atoms with van der Waals surface area (Å²) in [6.07, 6.45) is 0. The topological polar surface area (TPSA) is 59.1 Å². The van der Waals surface area contributed by atoms with Crippen molar-refractivity contribution in [2.45, 2.75) is 6.92 Å². The van der Waals surface area contributed by atoms with Crippen LogP contribution in [-0.4, -0.2) is 30.2 Å². The zero-order valence-electron chi connectivity index (χ0n) is 11.8. The monoisotopic (exact) mass is 294 g/mol. The van der Waals surface area contributed by atoms with Gasteiger partial charge in [0.1, 0.15) is 23.1 Å². The smallest absolute Gasteiger partial charge is 0.229 e. The number of nitrogens with one attached hydrogen (secondary N) is 2. The average Bonchev–Trinajstić information content (AvgIpc) is 2.43. The highest BCUT2D eigenvalue weighted by Gasteiger charge is 2.10. The molecule has 1 aromatic carbocycles. The van der Waals surface area contributed by atoms with Gasteiger partial charge in [-0.3, -0.25) is 0 Å². The number of hydrogen-bond donors (Lipinski definition) is 2. The lowest BCUT2D eigenvalue weighted by molar-refractivity contribution is 0.210. The normalized spacial score (nSPS) is 10.5. The first kappa shape index (κ1) is 15.1. The Labute approximate surface area is 121 Å². The van der Waals surface area contributed by atoms with E-state index in [1.165, 1.54) is 18.2 Å². The molecule has 21 heavy (non-hydrogen) atoms. The van der Waals surface area contributed by atoms with Gasteiger partial charge in [-0.25, -0.2) is 13.8 Å². The van der Waals surface area contributed by atoms with Crippen molar-refractivity contribution in [1.29, 1.82) is 0 Å². The molecule has 2 N–H and O–H groups in total. The van der Waals surface area contributed by atoms with Gasteiger partial charge in [-0.15, -0.1) is 0 Å². The maximum atomic E-state index is 13.6. The van der Waals surface area contributed by atoms with Gasteiger partial charge in [-0.05, 0) is 19.1 Å². The lowest BCUT2D eigenvalue weighted by Crippen LogP contribution is -2.11. The van der Waals surface area contributed by atoms with Crippen LogP contribution in [0.2, 0.25) is 0 Å². The quantitative estimate of drug-likeness (QED) is 0.802. The number of para-hydroxylation sites is 1. The Morgan fingerprint density at radius 1 is 1.19 bits per heavy atom. The van der Waals surface area contributed by atoms with Gasteiger partial charge in [0, 0.05) is 25.4 Å².